The molecule has 0 bridgehead atoms. The Kier molecular flexibility index (Phi) is 7.36. The molecular formula is C16H28N8O. The summed E-state index contributed by atoms with van der Waals surface area (Å²) < 4.78 is 7.28. The fourth-order valence-electron chi connectivity index (χ4n) is 2.31. The lowest BCUT2D eigenvalue weighted by Gasteiger charge is -2.12. The highest BCUT2D eigenvalue weighted by Gasteiger charge is 2.09. The molecule has 0 aliphatic heterocycles. The number of rotatable bonds is 9. The first-order chi connectivity index (χ1) is 12.1. The lowest BCUT2D eigenvalue weighted by molar-refractivity contribution is 0.368. The summed E-state index contributed by atoms with van der Waals surface area (Å²) in [5.74, 6) is 3.51. The number of aromatic nitrogens is 5. The van der Waals surface area contributed by atoms with Crippen LogP contribution >= 0.6 is 0 Å². The molecule has 2 N–H and O–H groups in total. The van der Waals surface area contributed by atoms with Gasteiger partial charge in [0.2, 0.25) is 5.89 Å². The maximum Gasteiger partial charge on any atom is 0.226 e. The number of hydrogen-bond donors (Lipinski definition) is 2. The molecule has 0 spiro atoms. The van der Waals surface area contributed by atoms with Crippen LogP contribution in [-0.4, -0.2) is 51.0 Å². The fraction of sp³-hybridized carbons (Fsp3) is 0.688. The predicted octanol–water partition coefficient (Wildman–Crippen LogP) is 1.14. The largest absolute Gasteiger partial charge is 0.356 e. The first-order valence-electron chi connectivity index (χ1n) is 8.77. The molecule has 9 heteroatoms. The molecule has 0 aliphatic rings. The summed E-state index contributed by atoms with van der Waals surface area (Å²) in [6.07, 6.45) is 4.28. The van der Waals surface area contributed by atoms with E-state index in [1.807, 2.05) is 4.57 Å². The van der Waals surface area contributed by atoms with Crippen molar-refractivity contribution in [3.8, 4) is 0 Å². The van der Waals surface area contributed by atoms with Gasteiger partial charge < -0.3 is 19.7 Å². The summed E-state index contributed by atoms with van der Waals surface area (Å²) >= 11 is 0. The van der Waals surface area contributed by atoms with E-state index in [4.69, 9.17) is 4.52 Å². The Balaban J connectivity index is 1.64. The molecule has 9 nitrogen and oxygen atoms in total. The molecule has 25 heavy (non-hydrogen) atoms. The molecule has 2 aromatic rings. The van der Waals surface area contributed by atoms with Crippen LogP contribution in [0.1, 0.15) is 50.6 Å². The summed E-state index contributed by atoms with van der Waals surface area (Å²) in [6, 6.07) is 0. The normalized spacial score (nSPS) is 12.0. The SMILES string of the molecule is CCc1nncn1CCNC(=NC)NCCCc1nc(C(C)C)no1. The van der Waals surface area contributed by atoms with E-state index in [0.717, 1.165) is 56.5 Å². The third kappa shape index (κ3) is 5.84. The molecule has 2 heterocycles. The van der Waals surface area contributed by atoms with Crippen molar-refractivity contribution in [2.45, 2.75) is 52.5 Å². The molecule has 0 radical (unpaired) electrons. The number of hydrogen-bond acceptors (Lipinski definition) is 6. The third-order valence-electron chi connectivity index (χ3n) is 3.74. The molecule has 0 saturated carbocycles. The van der Waals surface area contributed by atoms with E-state index in [2.05, 4.69) is 56.7 Å². The lowest BCUT2D eigenvalue weighted by atomic mass is 10.2. The van der Waals surface area contributed by atoms with Crippen LogP contribution < -0.4 is 10.6 Å². The molecule has 2 rings (SSSR count). The van der Waals surface area contributed by atoms with Crippen molar-refractivity contribution in [3.63, 3.8) is 0 Å². The number of aliphatic imine (C=N–C) groups is 1. The average molecular weight is 348 g/mol. The molecule has 0 aromatic carbocycles. The first-order valence-corrected chi connectivity index (χ1v) is 8.77. The van der Waals surface area contributed by atoms with Crippen molar-refractivity contribution in [1.29, 1.82) is 0 Å². The summed E-state index contributed by atoms with van der Waals surface area (Å²) in [5, 5.41) is 18.6. The van der Waals surface area contributed by atoms with Gasteiger partial charge in [0.1, 0.15) is 12.2 Å². The standard InChI is InChI=1S/C16H28N8O/c1-5-13-22-20-11-24(13)10-9-19-16(17-4)18-8-6-7-14-21-15(12(2)3)23-25-14/h11-12H,5-10H2,1-4H3,(H2,17,18,19). The van der Waals surface area contributed by atoms with Crippen molar-refractivity contribution in [3.05, 3.63) is 23.9 Å². The highest BCUT2D eigenvalue weighted by molar-refractivity contribution is 5.79. The predicted molar refractivity (Wildman–Crippen MR) is 95.5 cm³/mol. The van der Waals surface area contributed by atoms with Crippen molar-refractivity contribution in [2.24, 2.45) is 4.99 Å². The van der Waals surface area contributed by atoms with Crippen LogP contribution in [0.2, 0.25) is 0 Å². The highest BCUT2D eigenvalue weighted by atomic mass is 16.5. The molecule has 0 amide bonds. The monoisotopic (exact) mass is 348 g/mol. The molecular weight excluding hydrogens is 320 g/mol. The van der Waals surface area contributed by atoms with Crippen molar-refractivity contribution >= 4 is 5.96 Å². The van der Waals surface area contributed by atoms with Crippen LogP contribution in [0.5, 0.6) is 0 Å². The Hall–Kier alpha value is -2.45. The first kappa shape index (κ1) is 18.9. The van der Waals surface area contributed by atoms with Crippen molar-refractivity contribution in [2.75, 3.05) is 20.1 Å². The van der Waals surface area contributed by atoms with Gasteiger partial charge in [-0.05, 0) is 6.42 Å². The molecule has 0 fully saturated rings. The smallest absolute Gasteiger partial charge is 0.226 e. The number of aryl methyl sites for hydroxylation is 2. The Bertz CT molecular complexity index is 661. The summed E-state index contributed by atoms with van der Waals surface area (Å²) in [7, 11) is 1.76. The van der Waals surface area contributed by atoms with Gasteiger partial charge >= 0.3 is 0 Å². The second-order valence-corrected chi connectivity index (χ2v) is 6.02. The van der Waals surface area contributed by atoms with E-state index in [1.165, 1.54) is 0 Å². The Labute approximate surface area is 148 Å². The van der Waals surface area contributed by atoms with Gasteiger partial charge in [-0.1, -0.05) is 25.9 Å². The Morgan fingerprint density at radius 3 is 2.80 bits per heavy atom. The molecule has 2 aromatic heterocycles. The molecule has 0 saturated heterocycles. The lowest BCUT2D eigenvalue weighted by Crippen LogP contribution is -2.39. The maximum atomic E-state index is 5.24. The van der Waals surface area contributed by atoms with Crippen molar-refractivity contribution < 1.29 is 4.52 Å². The second kappa shape index (κ2) is 9.75. The summed E-state index contributed by atoms with van der Waals surface area (Å²) in [4.78, 5) is 8.60. The fourth-order valence-corrected chi connectivity index (χ4v) is 2.31. The molecule has 138 valence electrons. The molecule has 0 aliphatic carbocycles. The zero-order valence-corrected chi connectivity index (χ0v) is 15.5. The Morgan fingerprint density at radius 1 is 1.32 bits per heavy atom. The van der Waals surface area contributed by atoms with E-state index in [0.29, 0.717) is 5.89 Å². The van der Waals surface area contributed by atoms with Crippen LogP contribution in [0.4, 0.5) is 0 Å². The summed E-state index contributed by atoms with van der Waals surface area (Å²) in [6.45, 7) is 8.52. The van der Waals surface area contributed by atoms with E-state index < -0.39 is 0 Å². The average Bonchev–Trinajstić information content (AvgIpc) is 3.26. The van der Waals surface area contributed by atoms with E-state index >= 15 is 0 Å². The minimum absolute atomic E-state index is 0.289. The van der Waals surface area contributed by atoms with Crippen molar-refractivity contribution in [1.82, 2.24) is 35.5 Å². The zero-order valence-electron chi connectivity index (χ0n) is 15.5. The van der Waals surface area contributed by atoms with Gasteiger partial charge in [0.15, 0.2) is 11.8 Å². The zero-order chi connectivity index (χ0) is 18.1. The number of guanidine groups is 1. The minimum atomic E-state index is 0.289. The van der Waals surface area contributed by atoms with Crippen LogP contribution in [0.3, 0.4) is 0 Å². The van der Waals surface area contributed by atoms with Gasteiger partial charge in [-0.25, -0.2) is 0 Å². The van der Waals surface area contributed by atoms with Crippen LogP contribution in [0.15, 0.2) is 15.8 Å². The Morgan fingerprint density at radius 2 is 2.12 bits per heavy atom. The van der Waals surface area contributed by atoms with Gasteiger partial charge in [-0.15, -0.1) is 10.2 Å². The van der Waals surface area contributed by atoms with Gasteiger partial charge in [0.25, 0.3) is 0 Å². The van der Waals surface area contributed by atoms with Gasteiger partial charge in [0.05, 0.1) is 0 Å². The quantitative estimate of drug-likeness (QED) is 0.398. The van der Waals surface area contributed by atoms with Crippen LogP contribution in [0.25, 0.3) is 0 Å². The highest BCUT2D eigenvalue weighted by Crippen LogP contribution is 2.10. The van der Waals surface area contributed by atoms with Gasteiger partial charge in [-0.3, -0.25) is 4.99 Å². The van der Waals surface area contributed by atoms with Gasteiger partial charge in [0, 0.05) is 45.4 Å². The minimum Gasteiger partial charge on any atom is -0.356 e. The van der Waals surface area contributed by atoms with E-state index in [9.17, 15) is 0 Å². The van der Waals surface area contributed by atoms with E-state index in [-0.39, 0.29) is 5.92 Å². The molecule has 0 unspecified atom stereocenters. The van der Waals surface area contributed by atoms with Crippen LogP contribution in [0, 0.1) is 0 Å². The number of nitrogens with zero attached hydrogens (tertiary/aromatic N) is 6. The number of nitrogens with one attached hydrogen (secondary N) is 2. The van der Waals surface area contributed by atoms with E-state index in [1.54, 1.807) is 13.4 Å². The second-order valence-electron chi connectivity index (χ2n) is 6.02. The van der Waals surface area contributed by atoms with Crippen LogP contribution in [-0.2, 0) is 19.4 Å². The van der Waals surface area contributed by atoms with Gasteiger partial charge in [-0.2, -0.15) is 4.98 Å². The summed E-state index contributed by atoms with van der Waals surface area (Å²) in [5.41, 5.74) is 0. The topological polar surface area (TPSA) is 106 Å². The maximum absolute atomic E-state index is 5.24. The molecule has 0 atom stereocenters. The third-order valence-corrected chi connectivity index (χ3v) is 3.74.